The Hall–Kier alpha value is -3.96. The van der Waals surface area contributed by atoms with Gasteiger partial charge in [0.25, 0.3) is 0 Å². The summed E-state index contributed by atoms with van der Waals surface area (Å²) < 4.78 is 10.6. The maximum absolute atomic E-state index is 13.1. The van der Waals surface area contributed by atoms with Crippen molar-refractivity contribution in [1.29, 1.82) is 0 Å². The first-order chi connectivity index (χ1) is 17.4. The molecule has 0 unspecified atom stereocenters. The fourth-order valence-electron chi connectivity index (χ4n) is 3.22. The average molecular weight is 502 g/mol. The van der Waals surface area contributed by atoms with Crippen molar-refractivity contribution >= 4 is 24.1 Å². The van der Waals surface area contributed by atoms with Crippen molar-refractivity contribution < 1.29 is 38.9 Å². The second-order valence-corrected chi connectivity index (χ2v) is 7.83. The first kappa shape index (κ1) is 28.3. The van der Waals surface area contributed by atoms with Crippen molar-refractivity contribution in [3.05, 3.63) is 71.8 Å². The highest BCUT2D eigenvalue weighted by molar-refractivity contribution is 5.96. The summed E-state index contributed by atoms with van der Waals surface area (Å²) in [6.45, 7) is -0.922. The molecule has 0 aliphatic carbocycles. The molecule has 2 rings (SSSR count). The lowest BCUT2D eigenvalue weighted by Crippen LogP contribution is -2.56. The normalized spacial score (nSPS) is 12.2. The summed E-state index contributed by atoms with van der Waals surface area (Å²) in [6.07, 6.45) is -1.47. The number of hydrogen-bond acceptors (Lipinski definition) is 8. The van der Waals surface area contributed by atoms with Crippen LogP contribution < -0.4 is 11.1 Å². The molecule has 0 aromatic heterocycles. The Morgan fingerprint density at radius 2 is 1.36 bits per heavy atom. The van der Waals surface area contributed by atoms with E-state index in [4.69, 9.17) is 15.2 Å². The molecule has 0 saturated carbocycles. The van der Waals surface area contributed by atoms with Gasteiger partial charge >= 0.3 is 18.2 Å². The Morgan fingerprint density at radius 1 is 0.861 bits per heavy atom. The van der Waals surface area contributed by atoms with Crippen LogP contribution in [0.15, 0.2) is 60.7 Å². The van der Waals surface area contributed by atoms with E-state index >= 15 is 0 Å². The van der Waals surface area contributed by atoms with Gasteiger partial charge in [0.1, 0.15) is 25.3 Å². The van der Waals surface area contributed by atoms with E-state index in [9.17, 15) is 29.4 Å². The van der Waals surface area contributed by atoms with Gasteiger partial charge in [-0.2, -0.15) is 4.90 Å². The molecule has 0 saturated heterocycles. The highest BCUT2D eigenvalue weighted by Gasteiger charge is 2.38. The Labute approximate surface area is 208 Å². The van der Waals surface area contributed by atoms with Crippen LogP contribution in [0.4, 0.5) is 9.59 Å². The number of rotatable bonds is 13. The number of ether oxygens (including phenoxy) is 2. The third-order valence-corrected chi connectivity index (χ3v) is 5.15. The highest BCUT2D eigenvalue weighted by Crippen LogP contribution is 2.16. The zero-order chi connectivity index (χ0) is 26.3. The van der Waals surface area contributed by atoms with E-state index in [-0.39, 0.29) is 19.6 Å². The number of benzene rings is 2. The largest absolute Gasteiger partial charge is 0.480 e. The molecule has 2 aromatic rings. The van der Waals surface area contributed by atoms with Crippen LogP contribution in [0.3, 0.4) is 0 Å². The molecule has 0 heterocycles. The molecule has 0 aliphatic rings. The van der Waals surface area contributed by atoms with Gasteiger partial charge in [-0.25, -0.2) is 14.4 Å². The molecule has 0 fully saturated rings. The average Bonchev–Trinajstić information content (AvgIpc) is 2.89. The minimum absolute atomic E-state index is 0.0261. The maximum atomic E-state index is 13.1. The number of nitrogens with zero attached hydrogens (tertiary/aromatic N) is 1. The van der Waals surface area contributed by atoms with Gasteiger partial charge in [-0.15, -0.1) is 0 Å². The Balaban J connectivity index is 2.29. The maximum Gasteiger partial charge on any atom is 0.420 e. The summed E-state index contributed by atoms with van der Waals surface area (Å²) in [7, 11) is 0. The molecular weight excluding hydrogens is 470 g/mol. The topological polar surface area (TPSA) is 168 Å². The standard InChI is InChI=1S/C25H31N3O8/c26-14-8-7-13-21(22(30)27-20(15-29)23(31)32)28(24(33)35-16-18-9-3-1-4-10-18)25(34)36-17-19-11-5-2-6-12-19/h1-6,9-12,20-21,29H,7-8,13-17,26H2,(H,27,30)(H,31,32)/t20-,21-/m0/s1. The number of nitrogens with one attached hydrogen (secondary N) is 1. The molecule has 0 spiro atoms. The van der Waals surface area contributed by atoms with Crippen molar-refractivity contribution in [1.82, 2.24) is 10.2 Å². The summed E-state index contributed by atoms with van der Waals surface area (Å²) in [5.74, 6) is -2.43. The number of amides is 3. The molecule has 11 nitrogen and oxygen atoms in total. The zero-order valence-corrected chi connectivity index (χ0v) is 19.7. The summed E-state index contributed by atoms with van der Waals surface area (Å²) in [5.41, 5.74) is 6.85. The van der Waals surface area contributed by atoms with Crippen molar-refractivity contribution in [3.8, 4) is 0 Å². The van der Waals surface area contributed by atoms with Crippen LogP contribution in [0.2, 0.25) is 0 Å². The minimum Gasteiger partial charge on any atom is -0.480 e. The molecule has 5 N–H and O–H groups in total. The Bertz CT molecular complexity index is 932. The predicted molar refractivity (Wildman–Crippen MR) is 128 cm³/mol. The molecule has 0 radical (unpaired) electrons. The first-order valence-corrected chi connectivity index (χ1v) is 11.4. The van der Waals surface area contributed by atoms with Gasteiger partial charge in [0.15, 0.2) is 0 Å². The highest BCUT2D eigenvalue weighted by atomic mass is 16.6. The molecule has 2 aromatic carbocycles. The summed E-state index contributed by atoms with van der Waals surface area (Å²) in [4.78, 5) is 51.0. The SMILES string of the molecule is NCCCC[C@@H](C(=O)N[C@@H](CO)C(=O)O)N(C(=O)OCc1ccccc1)C(=O)OCc1ccccc1. The van der Waals surface area contributed by atoms with Gasteiger partial charge in [0.2, 0.25) is 5.91 Å². The first-order valence-electron chi connectivity index (χ1n) is 11.4. The lowest BCUT2D eigenvalue weighted by molar-refractivity contribution is -0.143. The second kappa shape index (κ2) is 15.1. The number of aliphatic hydroxyl groups excluding tert-OH is 1. The fraction of sp³-hybridized carbons (Fsp3) is 0.360. The minimum atomic E-state index is -1.63. The number of carboxylic acids is 1. The zero-order valence-electron chi connectivity index (χ0n) is 19.7. The van der Waals surface area contributed by atoms with Crippen LogP contribution in [-0.4, -0.2) is 64.4 Å². The van der Waals surface area contributed by atoms with Gasteiger partial charge in [-0.05, 0) is 36.9 Å². The Kier molecular flexibility index (Phi) is 11.9. The van der Waals surface area contributed by atoms with E-state index in [2.05, 4.69) is 5.32 Å². The van der Waals surface area contributed by atoms with Crippen LogP contribution in [0, 0.1) is 0 Å². The molecule has 0 aliphatic heterocycles. The lowest BCUT2D eigenvalue weighted by Gasteiger charge is -2.29. The van der Waals surface area contributed by atoms with E-state index in [0.717, 1.165) is 0 Å². The molecule has 2 atom stereocenters. The second-order valence-electron chi connectivity index (χ2n) is 7.83. The van der Waals surface area contributed by atoms with Gasteiger partial charge in [-0.1, -0.05) is 60.7 Å². The van der Waals surface area contributed by atoms with Crippen LogP contribution in [0.25, 0.3) is 0 Å². The number of unbranched alkanes of at least 4 members (excludes halogenated alkanes) is 1. The number of nitrogens with two attached hydrogens (primary N) is 1. The van der Waals surface area contributed by atoms with Crippen LogP contribution in [0.1, 0.15) is 30.4 Å². The molecule has 194 valence electrons. The summed E-state index contributed by atoms with van der Waals surface area (Å²) in [5, 5.41) is 20.7. The lowest BCUT2D eigenvalue weighted by atomic mass is 10.1. The van der Waals surface area contributed by atoms with Gasteiger partial charge in [0, 0.05) is 0 Å². The number of carbonyl (C=O) groups excluding carboxylic acids is 3. The summed E-state index contributed by atoms with van der Waals surface area (Å²) >= 11 is 0. The third-order valence-electron chi connectivity index (χ3n) is 5.15. The molecular formula is C25H31N3O8. The fourth-order valence-corrected chi connectivity index (χ4v) is 3.22. The van der Waals surface area contributed by atoms with Crippen molar-refractivity contribution in [3.63, 3.8) is 0 Å². The smallest absolute Gasteiger partial charge is 0.420 e. The Morgan fingerprint density at radius 3 is 1.78 bits per heavy atom. The number of hydrogen-bond donors (Lipinski definition) is 4. The third kappa shape index (κ3) is 9.01. The van der Waals surface area contributed by atoms with E-state index in [0.29, 0.717) is 35.4 Å². The van der Waals surface area contributed by atoms with Crippen LogP contribution in [0.5, 0.6) is 0 Å². The molecule has 3 amide bonds. The molecule has 11 heteroatoms. The summed E-state index contributed by atoms with van der Waals surface area (Å²) in [6, 6.07) is 14.4. The monoisotopic (exact) mass is 501 g/mol. The van der Waals surface area contributed by atoms with E-state index in [1.165, 1.54) is 0 Å². The van der Waals surface area contributed by atoms with Gasteiger partial charge in [0.05, 0.1) is 6.61 Å². The molecule has 0 bridgehead atoms. The van der Waals surface area contributed by atoms with Crippen molar-refractivity contribution in [2.24, 2.45) is 5.73 Å². The van der Waals surface area contributed by atoms with Crippen LogP contribution in [-0.2, 0) is 32.3 Å². The van der Waals surface area contributed by atoms with E-state index in [1.54, 1.807) is 60.7 Å². The van der Waals surface area contributed by atoms with Gasteiger partial charge < -0.3 is 30.7 Å². The number of imide groups is 1. The quantitative estimate of drug-likeness (QED) is 0.300. The number of aliphatic carboxylic acids is 1. The molecule has 36 heavy (non-hydrogen) atoms. The number of carboxylic acid groups (broad SMARTS) is 1. The number of aliphatic hydroxyl groups is 1. The predicted octanol–water partition coefficient (Wildman–Crippen LogP) is 2.02. The van der Waals surface area contributed by atoms with Crippen molar-refractivity contribution in [2.75, 3.05) is 13.2 Å². The van der Waals surface area contributed by atoms with E-state index < -0.39 is 42.8 Å². The van der Waals surface area contributed by atoms with Gasteiger partial charge in [-0.3, -0.25) is 4.79 Å². The number of carbonyl (C=O) groups is 4. The van der Waals surface area contributed by atoms with Crippen LogP contribution >= 0.6 is 0 Å². The van der Waals surface area contributed by atoms with E-state index in [1.807, 2.05) is 0 Å². The van der Waals surface area contributed by atoms with Crippen molar-refractivity contribution in [2.45, 2.75) is 44.6 Å².